The molecule has 0 radical (unpaired) electrons. The van der Waals surface area contributed by atoms with Crippen molar-refractivity contribution in [3.63, 3.8) is 0 Å². The Labute approximate surface area is 628 Å². The van der Waals surface area contributed by atoms with E-state index in [0.717, 1.165) is 161 Å². The molecule has 0 aromatic carbocycles. The Balaban J connectivity index is 5.49. The minimum atomic E-state index is -5.02. The molecule has 17 nitrogen and oxygen atoms in total. The molecule has 19 heteroatoms. The highest BCUT2D eigenvalue weighted by molar-refractivity contribution is 7.47. The van der Waals surface area contributed by atoms with Gasteiger partial charge in [0.25, 0.3) is 0 Å². The van der Waals surface area contributed by atoms with E-state index in [9.17, 15) is 43.2 Å². The van der Waals surface area contributed by atoms with Gasteiger partial charge in [-0.2, -0.15) is 0 Å². The summed E-state index contributed by atoms with van der Waals surface area (Å²) < 4.78 is 68.3. The van der Waals surface area contributed by atoms with Crippen LogP contribution in [0, 0.1) is 0 Å². The predicted molar refractivity (Wildman–Crippen MR) is 426 cm³/mol. The van der Waals surface area contributed by atoms with Gasteiger partial charge in [0, 0.05) is 19.3 Å². The van der Waals surface area contributed by atoms with E-state index in [4.69, 9.17) is 37.0 Å². The van der Waals surface area contributed by atoms with Crippen LogP contribution in [0.25, 0.3) is 0 Å². The molecule has 5 atom stereocenters. The standard InChI is InChI=1S/C85H136O17P2/c1-5-9-13-17-21-25-29-33-36-38-39-41-44-47-50-54-58-62-66-70-83(88)96-76-81(102-85(90)72-68-64-60-56-52-48-42-35-31-27-23-19-15-11-7-3)78-100-104(93,94)98-74-79(86)73-97-103(91,92)99-77-80(101-84(89)71-67-63-59-55-51-45-32-28-24-20-16-12-8-4)75-95-82(87)69-65-61-57-53-49-46-43-40-37-34-30-26-22-18-14-10-6-2/h9-11,13-15,21-23,25-28,32-37,39,41-43,46,52-53,56-57,64,68,79-81,86H,5-8,12,16-20,24,29-31,38,40,44-45,47-51,54-55,58-63,65-67,69-78H2,1-4H3,(H,91,92)(H,93,94)/b13-9-,14-10-,15-11-,25-21-,26-22-,27-23-,32-28-,36-33-,37-34-,41-39-,42-35-,46-43-,56-52-,57-53-,68-64-. The van der Waals surface area contributed by atoms with Crippen molar-refractivity contribution in [2.24, 2.45) is 0 Å². The van der Waals surface area contributed by atoms with Crippen molar-refractivity contribution in [3.8, 4) is 0 Å². The van der Waals surface area contributed by atoms with Crippen LogP contribution >= 0.6 is 15.6 Å². The Bertz CT molecular complexity index is 2690. The number of esters is 4. The lowest BCUT2D eigenvalue weighted by Crippen LogP contribution is -2.30. The SMILES string of the molecule is CC/C=C\C/C=C\C/C=C\C/C=C\C/C=C\CCCC(=O)OCC(COP(=O)(O)OCC(O)COP(=O)(O)OCC(COC(=O)CCCCCCCC/C=C\C/C=C\C/C=C\C/C=C\CC)OC(=O)C/C=C\C/C=C\C/C=C\C/C=C\C/C=C\CC)OC(=O)CCCCCCC/C=C\CCCCCC. The molecule has 0 saturated heterocycles. The molecule has 0 aromatic heterocycles. The second-order valence-electron chi connectivity index (χ2n) is 25.2. The Morgan fingerprint density at radius 1 is 0.288 bits per heavy atom. The van der Waals surface area contributed by atoms with Gasteiger partial charge in [-0.3, -0.25) is 37.3 Å². The molecule has 0 fully saturated rings. The first kappa shape index (κ1) is 98.2. The molecule has 0 bridgehead atoms. The zero-order chi connectivity index (χ0) is 76.0. The summed E-state index contributed by atoms with van der Waals surface area (Å²) in [6.45, 7) is 4.28. The van der Waals surface area contributed by atoms with Gasteiger partial charge in [0.05, 0.1) is 32.8 Å². The normalized spacial score (nSPS) is 14.9. The van der Waals surface area contributed by atoms with Gasteiger partial charge in [-0.1, -0.05) is 274 Å². The van der Waals surface area contributed by atoms with Crippen molar-refractivity contribution in [3.05, 3.63) is 182 Å². The number of unbranched alkanes of at least 4 members (excludes halogenated alkanes) is 16. The molecule has 0 amide bonds. The first-order valence-electron chi connectivity index (χ1n) is 39.0. The Morgan fingerprint density at radius 3 is 0.904 bits per heavy atom. The lowest BCUT2D eigenvalue weighted by molar-refractivity contribution is -0.161. The fraction of sp³-hybridized carbons (Fsp3) is 0.600. The summed E-state index contributed by atoms with van der Waals surface area (Å²) in [6, 6.07) is 0. The number of hydrogen-bond acceptors (Lipinski definition) is 15. The van der Waals surface area contributed by atoms with Crippen LogP contribution in [0.1, 0.15) is 272 Å². The number of hydrogen-bond donors (Lipinski definition) is 3. The van der Waals surface area contributed by atoms with Crippen molar-refractivity contribution in [2.45, 2.75) is 290 Å². The number of carbonyl (C=O) groups excluding carboxylic acids is 4. The first-order valence-corrected chi connectivity index (χ1v) is 42.0. The molecule has 0 saturated carbocycles. The fourth-order valence-electron chi connectivity index (χ4n) is 9.55. The molecule has 0 aromatic rings. The Hall–Kier alpha value is -5.84. The van der Waals surface area contributed by atoms with E-state index in [0.29, 0.717) is 32.1 Å². The third kappa shape index (κ3) is 74.4. The second-order valence-corrected chi connectivity index (χ2v) is 28.1. The fourth-order valence-corrected chi connectivity index (χ4v) is 11.1. The number of ether oxygens (including phenoxy) is 4. The number of aliphatic hydroxyl groups is 1. The van der Waals surface area contributed by atoms with Crippen LogP contribution in [0.5, 0.6) is 0 Å². The molecule has 0 rings (SSSR count). The molecular weight excluding hydrogens is 1350 g/mol. The molecule has 588 valence electrons. The number of aliphatic hydroxyl groups excluding tert-OH is 1. The highest BCUT2D eigenvalue weighted by Gasteiger charge is 2.30. The van der Waals surface area contributed by atoms with Gasteiger partial charge in [-0.15, -0.1) is 0 Å². The van der Waals surface area contributed by atoms with Gasteiger partial charge >= 0.3 is 39.5 Å². The summed E-state index contributed by atoms with van der Waals surface area (Å²) in [5, 5.41) is 10.6. The maximum atomic E-state index is 13.1. The molecule has 0 aliphatic heterocycles. The van der Waals surface area contributed by atoms with E-state index in [2.05, 4.69) is 174 Å². The Kier molecular flexibility index (Phi) is 71.2. The Morgan fingerprint density at radius 2 is 0.548 bits per heavy atom. The summed E-state index contributed by atoms with van der Waals surface area (Å²) in [5.41, 5.74) is 0. The summed E-state index contributed by atoms with van der Waals surface area (Å²) in [5.74, 6) is -2.43. The van der Waals surface area contributed by atoms with E-state index in [1.807, 2.05) is 24.3 Å². The van der Waals surface area contributed by atoms with Crippen LogP contribution in [-0.4, -0.2) is 96.7 Å². The smallest absolute Gasteiger partial charge is 0.462 e. The molecule has 0 aliphatic rings. The van der Waals surface area contributed by atoms with Crippen LogP contribution in [0.3, 0.4) is 0 Å². The van der Waals surface area contributed by atoms with E-state index < -0.39 is 97.5 Å². The summed E-state index contributed by atoms with van der Waals surface area (Å²) in [6.07, 6.45) is 90.6. The molecule has 0 aliphatic carbocycles. The van der Waals surface area contributed by atoms with Gasteiger partial charge < -0.3 is 33.8 Å². The average Bonchev–Trinajstić information content (AvgIpc) is 0.918. The molecule has 104 heavy (non-hydrogen) atoms. The maximum Gasteiger partial charge on any atom is 0.472 e. The molecular formula is C85H136O17P2. The summed E-state index contributed by atoms with van der Waals surface area (Å²) in [4.78, 5) is 72.9. The second kappa shape index (κ2) is 75.4. The minimum absolute atomic E-state index is 0.0637. The van der Waals surface area contributed by atoms with Crippen LogP contribution in [0.2, 0.25) is 0 Å². The van der Waals surface area contributed by atoms with Crippen molar-refractivity contribution in [2.75, 3.05) is 39.6 Å². The molecule has 5 unspecified atom stereocenters. The number of rotatable bonds is 71. The zero-order valence-electron chi connectivity index (χ0n) is 64.1. The van der Waals surface area contributed by atoms with E-state index in [-0.39, 0.29) is 25.7 Å². The third-order valence-corrected chi connectivity index (χ3v) is 17.3. The largest absolute Gasteiger partial charge is 0.472 e. The third-order valence-electron chi connectivity index (χ3n) is 15.4. The van der Waals surface area contributed by atoms with Crippen molar-refractivity contribution >= 4 is 39.5 Å². The van der Waals surface area contributed by atoms with Crippen molar-refractivity contribution in [1.29, 1.82) is 0 Å². The average molecular weight is 1490 g/mol. The number of phosphoric ester groups is 2. The molecule has 3 N–H and O–H groups in total. The quantitative estimate of drug-likeness (QED) is 0.0169. The predicted octanol–water partition coefficient (Wildman–Crippen LogP) is 22.8. The van der Waals surface area contributed by atoms with Gasteiger partial charge in [-0.05, 0) is 154 Å². The molecule has 0 heterocycles. The van der Waals surface area contributed by atoms with Gasteiger partial charge in [0.2, 0.25) is 0 Å². The molecule has 0 spiro atoms. The van der Waals surface area contributed by atoms with Crippen LogP contribution in [0.15, 0.2) is 182 Å². The monoisotopic (exact) mass is 1490 g/mol. The lowest BCUT2D eigenvalue weighted by atomic mass is 10.1. The van der Waals surface area contributed by atoms with Crippen molar-refractivity contribution < 1.29 is 80.2 Å². The lowest BCUT2D eigenvalue weighted by Gasteiger charge is -2.21. The van der Waals surface area contributed by atoms with E-state index in [1.165, 1.54) is 25.7 Å². The van der Waals surface area contributed by atoms with E-state index in [1.54, 1.807) is 12.2 Å². The van der Waals surface area contributed by atoms with Gasteiger partial charge in [0.1, 0.15) is 19.3 Å². The summed E-state index contributed by atoms with van der Waals surface area (Å²) >= 11 is 0. The summed E-state index contributed by atoms with van der Waals surface area (Å²) in [7, 11) is -10.0. The van der Waals surface area contributed by atoms with Crippen LogP contribution in [0.4, 0.5) is 0 Å². The number of carbonyl (C=O) groups is 4. The maximum absolute atomic E-state index is 13.1. The number of allylic oxidation sites excluding steroid dienone is 29. The van der Waals surface area contributed by atoms with E-state index >= 15 is 0 Å². The highest BCUT2D eigenvalue weighted by atomic mass is 31.2. The topological polar surface area (TPSA) is 237 Å². The van der Waals surface area contributed by atoms with Crippen LogP contribution in [-0.2, 0) is 65.4 Å². The number of phosphoric acid groups is 2. The first-order chi connectivity index (χ1) is 50.7. The highest BCUT2D eigenvalue weighted by Crippen LogP contribution is 2.45. The minimum Gasteiger partial charge on any atom is -0.462 e. The van der Waals surface area contributed by atoms with Crippen LogP contribution < -0.4 is 0 Å². The zero-order valence-corrected chi connectivity index (χ0v) is 65.9. The van der Waals surface area contributed by atoms with Gasteiger partial charge in [-0.25, -0.2) is 9.13 Å². The van der Waals surface area contributed by atoms with Gasteiger partial charge in [0.15, 0.2) is 12.2 Å². The van der Waals surface area contributed by atoms with Crippen molar-refractivity contribution in [1.82, 2.24) is 0 Å².